The van der Waals surface area contributed by atoms with E-state index >= 15 is 0 Å². The molecule has 3 amide bonds. The van der Waals surface area contributed by atoms with Crippen LogP contribution in [0.25, 0.3) is 0 Å². The van der Waals surface area contributed by atoms with E-state index in [-0.39, 0.29) is 18.4 Å². The van der Waals surface area contributed by atoms with E-state index in [0.29, 0.717) is 25.5 Å². The lowest BCUT2D eigenvalue weighted by atomic mass is 10.1. The standard InChI is InChI=1S/C22H29N5O2/c1-17-4-3-5-19(14-17)16-26-10-12-27(13-11-26)22(29)23-9-8-21(28)25-20-7-6-18(2)15-24-20/h3-7,14-15H,8-13,16H2,1-2H3,(H,23,29)(H,24,25,28). The highest BCUT2D eigenvalue weighted by molar-refractivity contribution is 5.90. The van der Waals surface area contributed by atoms with Gasteiger partial charge in [-0.3, -0.25) is 9.69 Å². The Kier molecular flexibility index (Phi) is 7.19. The number of nitrogens with zero attached hydrogens (tertiary/aromatic N) is 3. The summed E-state index contributed by atoms with van der Waals surface area (Å²) in [5, 5.41) is 5.57. The second kappa shape index (κ2) is 10.0. The van der Waals surface area contributed by atoms with Gasteiger partial charge in [0.2, 0.25) is 5.91 Å². The summed E-state index contributed by atoms with van der Waals surface area (Å²) in [6.07, 6.45) is 1.92. The van der Waals surface area contributed by atoms with Gasteiger partial charge in [0, 0.05) is 51.9 Å². The first-order valence-corrected chi connectivity index (χ1v) is 10.0. The second-order valence-electron chi connectivity index (χ2n) is 7.50. The van der Waals surface area contributed by atoms with Crippen molar-refractivity contribution in [2.45, 2.75) is 26.8 Å². The minimum Gasteiger partial charge on any atom is -0.337 e. The van der Waals surface area contributed by atoms with Crippen LogP contribution in [-0.4, -0.2) is 59.4 Å². The Balaban J connectivity index is 1.34. The molecule has 1 fully saturated rings. The van der Waals surface area contributed by atoms with Crippen LogP contribution in [0.5, 0.6) is 0 Å². The third-order valence-corrected chi connectivity index (χ3v) is 4.96. The van der Waals surface area contributed by atoms with Crippen molar-refractivity contribution in [2.24, 2.45) is 0 Å². The molecule has 1 aromatic heterocycles. The van der Waals surface area contributed by atoms with Crippen molar-refractivity contribution in [3.05, 3.63) is 59.3 Å². The summed E-state index contributed by atoms with van der Waals surface area (Å²) in [4.78, 5) is 32.6. The third-order valence-electron chi connectivity index (χ3n) is 4.96. The van der Waals surface area contributed by atoms with Crippen LogP contribution in [0.2, 0.25) is 0 Å². The number of pyridine rings is 1. The van der Waals surface area contributed by atoms with Crippen LogP contribution in [0.15, 0.2) is 42.6 Å². The number of carbonyl (C=O) groups is 2. The van der Waals surface area contributed by atoms with Gasteiger partial charge in [0.05, 0.1) is 0 Å². The topological polar surface area (TPSA) is 77.6 Å². The summed E-state index contributed by atoms with van der Waals surface area (Å²) < 4.78 is 0. The molecule has 2 heterocycles. The molecule has 1 aliphatic heterocycles. The lowest BCUT2D eigenvalue weighted by molar-refractivity contribution is -0.116. The number of aromatic nitrogens is 1. The maximum absolute atomic E-state index is 12.3. The molecule has 29 heavy (non-hydrogen) atoms. The van der Waals surface area contributed by atoms with Crippen LogP contribution in [-0.2, 0) is 11.3 Å². The molecule has 2 N–H and O–H groups in total. The van der Waals surface area contributed by atoms with Crippen molar-refractivity contribution >= 4 is 17.8 Å². The highest BCUT2D eigenvalue weighted by atomic mass is 16.2. The summed E-state index contributed by atoms with van der Waals surface area (Å²) in [7, 11) is 0. The zero-order valence-corrected chi connectivity index (χ0v) is 17.1. The fraction of sp³-hybridized carbons (Fsp3) is 0.409. The summed E-state index contributed by atoms with van der Waals surface area (Å²) in [5.74, 6) is 0.362. The van der Waals surface area contributed by atoms with Gasteiger partial charge in [-0.1, -0.05) is 35.9 Å². The zero-order valence-electron chi connectivity index (χ0n) is 17.1. The molecular weight excluding hydrogens is 366 g/mol. The van der Waals surface area contributed by atoms with Crippen LogP contribution in [0.1, 0.15) is 23.1 Å². The first kappa shape index (κ1) is 20.8. The number of piperazine rings is 1. The fourth-order valence-electron chi connectivity index (χ4n) is 3.32. The van der Waals surface area contributed by atoms with E-state index in [2.05, 4.69) is 51.7 Å². The second-order valence-corrected chi connectivity index (χ2v) is 7.50. The normalized spacial score (nSPS) is 14.5. The van der Waals surface area contributed by atoms with E-state index in [1.165, 1.54) is 11.1 Å². The highest BCUT2D eigenvalue weighted by Crippen LogP contribution is 2.10. The number of benzene rings is 1. The summed E-state index contributed by atoms with van der Waals surface area (Å²) in [6, 6.07) is 12.1. The molecule has 0 aliphatic carbocycles. The van der Waals surface area contributed by atoms with Crippen molar-refractivity contribution in [2.75, 3.05) is 38.0 Å². The van der Waals surface area contributed by atoms with E-state index in [4.69, 9.17) is 0 Å². The first-order valence-electron chi connectivity index (χ1n) is 10.0. The number of amides is 3. The van der Waals surface area contributed by atoms with E-state index in [0.717, 1.165) is 25.2 Å². The Bertz CT molecular complexity index is 829. The Hall–Kier alpha value is -2.93. The Morgan fingerprint density at radius 3 is 2.52 bits per heavy atom. The van der Waals surface area contributed by atoms with Crippen molar-refractivity contribution in [1.29, 1.82) is 0 Å². The molecule has 3 rings (SSSR count). The summed E-state index contributed by atoms with van der Waals surface area (Å²) >= 11 is 0. The monoisotopic (exact) mass is 395 g/mol. The maximum atomic E-state index is 12.3. The average Bonchev–Trinajstić information content (AvgIpc) is 2.70. The van der Waals surface area contributed by atoms with Gasteiger partial charge in [-0.05, 0) is 31.0 Å². The van der Waals surface area contributed by atoms with Gasteiger partial charge in [0.1, 0.15) is 5.82 Å². The van der Waals surface area contributed by atoms with Crippen LogP contribution in [0, 0.1) is 13.8 Å². The van der Waals surface area contributed by atoms with Crippen LogP contribution >= 0.6 is 0 Å². The van der Waals surface area contributed by atoms with Crippen molar-refractivity contribution in [1.82, 2.24) is 20.1 Å². The lowest BCUT2D eigenvalue weighted by Crippen LogP contribution is -2.51. The van der Waals surface area contributed by atoms with E-state index in [1.807, 2.05) is 17.9 Å². The number of rotatable bonds is 6. The van der Waals surface area contributed by atoms with Crippen molar-refractivity contribution in [3.63, 3.8) is 0 Å². The number of hydrogen-bond acceptors (Lipinski definition) is 4. The number of nitrogens with one attached hydrogen (secondary N) is 2. The minimum atomic E-state index is -0.162. The largest absolute Gasteiger partial charge is 0.337 e. The van der Waals surface area contributed by atoms with Gasteiger partial charge < -0.3 is 15.5 Å². The molecule has 7 heteroatoms. The van der Waals surface area contributed by atoms with Gasteiger partial charge in [0.15, 0.2) is 0 Å². The van der Waals surface area contributed by atoms with E-state index in [9.17, 15) is 9.59 Å². The lowest BCUT2D eigenvalue weighted by Gasteiger charge is -2.34. The number of aryl methyl sites for hydroxylation is 2. The third kappa shape index (κ3) is 6.57. The number of hydrogen-bond donors (Lipinski definition) is 2. The van der Waals surface area contributed by atoms with Gasteiger partial charge in [-0.25, -0.2) is 9.78 Å². The smallest absolute Gasteiger partial charge is 0.317 e. The summed E-state index contributed by atoms with van der Waals surface area (Å²) in [6.45, 7) is 8.33. The molecular formula is C22H29N5O2. The quantitative estimate of drug-likeness (QED) is 0.788. The molecule has 0 unspecified atom stereocenters. The molecule has 1 saturated heterocycles. The average molecular weight is 396 g/mol. The molecule has 0 atom stereocenters. The number of urea groups is 1. The number of anilines is 1. The molecule has 1 aromatic carbocycles. The predicted octanol–water partition coefficient (Wildman–Crippen LogP) is 2.55. The molecule has 0 radical (unpaired) electrons. The summed E-state index contributed by atoms with van der Waals surface area (Å²) in [5.41, 5.74) is 3.61. The van der Waals surface area contributed by atoms with E-state index in [1.54, 1.807) is 12.3 Å². The molecule has 7 nitrogen and oxygen atoms in total. The highest BCUT2D eigenvalue weighted by Gasteiger charge is 2.21. The van der Waals surface area contributed by atoms with E-state index < -0.39 is 0 Å². The van der Waals surface area contributed by atoms with Crippen LogP contribution in [0.4, 0.5) is 10.6 Å². The van der Waals surface area contributed by atoms with Crippen LogP contribution < -0.4 is 10.6 Å². The molecule has 2 aromatic rings. The fourth-order valence-corrected chi connectivity index (χ4v) is 3.32. The Morgan fingerprint density at radius 2 is 1.83 bits per heavy atom. The molecule has 1 aliphatic rings. The Labute approximate surface area is 172 Å². The van der Waals surface area contributed by atoms with Crippen LogP contribution in [0.3, 0.4) is 0 Å². The van der Waals surface area contributed by atoms with Gasteiger partial charge >= 0.3 is 6.03 Å². The number of carbonyl (C=O) groups excluding carboxylic acids is 2. The predicted molar refractivity (Wildman–Crippen MR) is 114 cm³/mol. The van der Waals surface area contributed by atoms with Crippen molar-refractivity contribution < 1.29 is 9.59 Å². The zero-order chi connectivity index (χ0) is 20.6. The Morgan fingerprint density at radius 1 is 1.03 bits per heavy atom. The molecule has 154 valence electrons. The first-order chi connectivity index (χ1) is 14.0. The van der Waals surface area contributed by atoms with Crippen molar-refractivity contribution in [3.8, 4) is 0 Å². The maximum Gasteiger partial charge on any atom is 0.317 e. The molecule has 0 spiro atoms. The molecule has 0 bridgehead atoms. The minimum absolute atomic E-state index is 0.110. The van der Waals surface area contributed by atoms with Gasteiger partial charge in [-0.2, -0.15) is 0 Å². The SMILES string of the molecule is Cc1ccc(NC(=O)CCNC(=O)N2CCN(Cc3cccc(C)c3)CC2)nc1. The molecule has 0 saturated carbocycles. The van der Waals surface area contributed by atoms with Gasteiger partial charge in [0.25, 0.3) is 0 Å². The van der Waals surface area contributed by atoms with Gasteiger partial charge in [-0.15, -0.1) is 0 Å².